The van der Waals surface area contributed by atoms with Gasteiger partial charge in [-0.05, 0) is 61.6 Å². The largest absolute Gasteiger partial charge is 0.481 e. The topological polar surface area (TPSA) is 144 Å². The van der Waals surface area contributed by atoms with Gasteiger partial charge in [-0.3, -0.25) is 4.79 Å². The number of carbonyl (C=O) groups is 2. The SMILES string of the molecule is COC(=O)COc1ccccc1-c1[nH]c2cc(C(=O)NS(=O)(=O)N(C)CCCCN)ccc2c1CC1CCCCC1. The molecule has 11 heteroatoms. The van der Waals surface area contributed by atoms with Crippen molar-refractivity contribution in [2.45, 2.75) is 51.4 Å². The number of hydrogen-bond acceptors (Lipinski definition) is 7. The highest BCUT2D eigenvalue weighted by molar-refractivity contribution is 7.87. The molecule has 4 rings (SSSR count). The van der Waals surface area contributed by atoms with Crippen molar-refractivity contribution in [3.63, 3.8) is 0 Å². The van der Waals surface area contributed by atoms with Crippen molar-refractivity contribution in [3.05, 3.63) is 53.6 Å². The Labute approximate surface area is 241 Å². The Bertz CT molecular complexity index is 1460. The number of aromatic amines is 1. The number of ether oxygens (including phenoxy) is 2. The van der Waals surface area contributed by atoms with E-state index in [1.807, 2.05) is 30.3 Å². The normalized spacial score (nSPS) is 14.3. The number of hydrogen-bond donors (Lipinski definition) is 3. The molecule has 1 amide bonds. The molecule has 4 N–H and O–H groups in total. The first-order valence-electron chi connectivity index (χ1n) is 14.2. The van der Waals surface area contributed by atoms with E-state index in [9.17, 15) is 18.0 Å². The highest BCUT2D eigenvalue weighted by Gasteiger charge is 2.24. The number of aromatic nitrogens is 1. The lowest BCUT2D eigenvalue weighted by atomic mass is 9.83. The van der Waals surface area contributed by atoms with Crippen LogP contribution in [0.15, 0.2) is 42.5 Å². The van der Waals surface area contributed by atoms with Crippen LogP contribution in [0.3, 0.4) is 0 Å². The summed E-state index contributed by atoms with van der Waals surface area (Å²) >= 11 is 0. The fourth-order valence-electron chi connectivity index (χ4n) is 5.37. The zero-order chi connectivity index (χ0) is 29.4. The highest BCUT2D eigenvalue weighted by atomic mass is 32.2. The van der Waals surface area contributed by atoms with E-state index in [4.69, 9.17) is 15.2 Å². The molecule has 1 fully saturated rings. The predicted molar refractivity (Wildman–Crippen MR) is 159 cm³/mol. The molecule has 0 unspecified atom stereocenters. The summed E-state index contributed by atoms with van der Waals surface area (Å²) in [6.45, 7) is 0.523. The number of nitrogens with one attached hydrogen (secondary N) is 2. The second-order valence-electron chi connectivity index (χ2n) is 10.6. The molecule has 0 radical (unpaired) electrons. The minimum Gasteiger partial charge on any atom is -0.481 e. The van der Waals surface area contributed by atoms with Crippen molar-refractivity contribution < 1.29 is 27.5 Å². The molecule has 3 aromatic rings. The number of benzene rings is 2. The number of unbranched alkanes of at least 4 members (excludes halogenated alkanes) is 1. The standard InChI is InChI=1S/C30H40N4O6S/c1-34(17-9-8-16-31)41(37,38)33-30(36)22-14-15-23-25(18-21-10-4-3-5-11-21)29(32-26(23)19-22)24-12-6-7-13-27(24)40-20-28(35)39-2/h6-7,12-15,19,21,32H,3-5,8-11,16-18,20,31H2,1-2H3,(H,33,36). The number of para-hydroxylation sites is 1. The van der Waals surface area contributed by atoms with Crippen LogP contribution < -0.4 is 15.2 Å². The van der Waals surface area contributed by atoms with Crippen molar-refractivity contribution in [2.75, 3.05) is 33.9 Å². The van der Waals surface area contributed by atoms with Crippen molar-refractivity contribution in [3.8, 4) is 17.0 Å². The molecule has 0 spiro atoms. The Morgan fingerprint density at radius 1 is 1.10 bits per heavy atom. The molecule has 0 aliphatic heterocycles. The summed E-state index contributed by atoms with van der Waals surface area (Å²) < 4.78 is 39.3. The molecule has 10 nitrogen and oxygen atoms in total. The molecule has 222 valence electrons. The Kier molecular flexibility index (Phi) is 10.4. The number of esters is 1. The minimum atomic E-state index is -4.00. The van der Waals surface area contributed by atoms with Crippen LogP contribution in [0.4, 0.5) is 0 Å². The summed E-state index contributed by atoms with van der Waals surface area (Å²) in [5.74, 6) is -0.109. The van der Waals surface area contributed by atoms with Gasteiger partial charge in [-0.2, -0.15) is 12.7 Å². The van der Waals surface area contributed by atoms with Crippen LogP contribution in [0.5, 0.6) is 5.75 Å². The van der Waals surface area contributed by atoms with Crippen molar-refractivity contribution in [2.24, 2.45) is 11.7 Å². The molecule has 2 aromatic carbocycles. The molecular formula is C30H40N4O6S. The Morgan fingerprint density at radius 2 is 1.85 bits per heavy atom. The fourth-order valence-corrected chi connectivity index (χ4v) is 6.24. The lowest BCUT2D eigenvalue weighted by molar-refractivity contribution is -0.142. The summed E-state index contributed by atoms with van der Waals surface area (Å²) in [5, 5.41) is 0.964. The monoisotopic (exact) mass is 584 g/mol. The maximum Gasteiger partial charge on any atom is 0.343 e. The molecule has 1 aliphatic carbocycles. The number of rotatable bonds is 13. The maximum absolute atomic E-state index is 13.0. The number of fused-ring (bicyclic) bond motifs is 1. The number of nitrogens with zero attached hydrogens (tertiary/aromatic N) is 1. The zero-order valence-corrected chi connectivity index (χ0v) is 24.6. The van der Waals surface area contributed by atoms with E-state index in [0.717, 1.165) is 51.3 Å². The molecule has 0 bridgehead atoms. The van der Waals surface area contributed by atoms with Gasteiger partial charge in [0, 0.05) is 35.6 Å². The van der Waals surface area contributed by atoms with Crippen LogP contribution in [-0.2, 0) is 26.2 Å². The van der Waals surface area contributed by atoms with E-state index in [1.54, 1.807) is 12.1 Å². The van der Waals surface area contributed by atoms with Crippen LogP contribution >= 0.6 is 0 Å². The van der Waals surface area contributed by atoms with Gasteiger partial charge in [0.05, 0.1) is 12.8 Å². The lowest BCUT2D eigenvalue weighted by Crippen LogP contribution is -2.41. The molecule has 1 aromatic heterocycles. The first-order chi connectivity index (χ1) is 19.7. The first kappa shape index (κ1) is 30.5. The van der Waals surface area contributed by atoms with E-state index >= 15 is 0 Å². The number of amides is 1. The third-order valence-corrected chi connectivity index (χ3v) is 9.12. The van der Waals surface area contributed by atoms with Gasteiger partial charge < -0.3 is 20.2 Å². The van der Waals surface area contributed by atoms with Crippen molar-refractivity contribution >= 4 is 33.0 Å². The summed E-state index contributed by atoms with van der Waals surface area (Å²) in [4.78, 5) is 28.3. The van der Waals surface area contributed by atoms with Crippen LogP contribution in [-0.4, -0.2) is 63.4 Å². The van der Waals surface area contributed by atoms with Gasteiger partial charge in [0.1, 0.15) is 5.75 Å². The number of H-pyrrole nitrogens is 1. The molecule has 1 aliphatic rings. The second kappa shape index (κ2) is 14.0. The molecular weight excluding hydrogens is 544 g/mol. The molecule has 1 saturated carbocycles. The van der Waals surface area contributed by atoms with Crippen LogP contribution in [0.25, 0.3) is 22.2 Å². The van der Waals surface area contributed by atoms with E-state index in [-0.39, 0.29) is 18.7 Å². The molecule has 0 atom stereocenters. The third kappa shape index (κ3) is 7.66. The second-order valence-corrected chi connectivity index (χ2v) is 12.3. The maximum atomic E-state index is 13.0. The quantitative estimate of drug-likeness (QED) is 0.202. The smallest absolute Gasteiger partial charge is 0.343 e. The van der Waals surface area contributed by atoms with Crippen molar-refractivity contribution in [1.29, 1.82) is 0 Å². The van der Waals surface area contributed by atoms with Gasteiger partial charge in [0.2, 0.25) is 0 Å². The van der Waals surface area contributed by atoms with Gasteiger partial charge in [0.15, 0.2) is 6.61 Å². The number of methoxy groups -OCH3 is 1. The summed E-state index contributed by atoms with van der Waals surface area (Å²) in [6.07, 6.45) is 8.14. The van der Waals surface area contributed by atoms with Gasteiger partial charge in [0.25, 0.3) is 5.91 Å². The highest BCUT2D eigenvalue weighted by Crippen LogP contribution is 2.39. The summed E-state index contributed by atoms with van der Waals surface area (Å²) in [5.41, 5.74) is 9.21. The number of carbonyl (C=O) groups excluding carboxylic acids is 2. The third-order valence-electron chi connectivity index (χ3n) is 7.67. The zero-order valence-electron chi connectivity index (χ0n) is 23.8. The van der Waals surface area contributed by atoms with Gasteiger partial charge >= 0.3 is 16.2 Å². The van der Waals surface area contributed by atoms with Gasteiger partial charge in [-0.25, -0.2) is 9.52 Å². The fraction of sp³-hybridized carbons (Fsp3) is 0.467. The average Bonchev–Trinajstić information content (AvgIpc) is 3.33. The number of nitrogens with two attached hydrogens (primary N) is 1. The Balaban J connectivity index is 1.68. The predicted octanol–water partition coefficient (Wildman–Crippen LogP) is 4.15. The van der Waals surface area contributed by atoms with Gasteiger partial charge in [-0.15, -0.1) is 0 Å². The summed E-state index contributed by atoms with van der Waals surface area (Å²) in [6, 6.07) is 12.7. The Hall–Kier alpha value is -3.41. The first-order valence-corrected chi connectivity index (χ1v) is 15.6. The molecule has 1 heterocycles. The van der Waals surface area contributed by atoms with Crippen LogP contribution in [0.2, 0.25) is 0 Å². The van der Waals surface area contributed by atoms with E-state index in [2.05, 4.69) is 9.71 Å². The van der Waals surface area contributed by atoms with Crippen molar-refractivity contribution in [1.82, 2.24) is 14.0 Å². The van der Waals surface area contributed by atoms with E-state index in [0.29, 0.717) is 31.1 Å². The minimum absolute atomic E-state index is 0.217. The van der Waals surface area contributed by atoms with Crippen LogP contribution in [0, 0.1) is 5.92 Å². The average molecular weight is 585 g/mol. The molecule has 0 saturated heterocycles. The summed E-state index contributed by atoms with van der Waals surface area (Å²) in [7, 11) is -1.25. The van der Waals surface area contributed by atoms with Gasteiger partial charge in [-0.1, -0.05) is 50.3 Å². The Morgan fingerprint density at radius 3 is 2.59 bits per heavy atom. The van der Waals surface area contributed by atoms with E-state index in [1.165, 1.54) is 33.4 Å². The van der Waals surface area contributed by atoms with Crippen LogP contribution in [0.1, 0.15) is 60.9 Å². The molecule has 41 heavy (non-hydrogen) atoms. The van der Waals surface area contributed by atoms with E-state index < -0.39 is 22.1 Å². The lowest BCUT2D eigenvalue weighted by Gasteiger charge is -2.22.